The summed E-state index contributed by atoms with van der Waals surface area (Å²) in [6, 6.07) is 9.71. The maximum absolute atomic E-state index is 5.86. The molecule has 136 valence electrons. The van der Waals surface area contributed by atoms with Crippen LogP contribution < -0.4 is 11.1 Å². The maximum Gasteiger partial charge on any atom is 0.232 e. The van der Waals surface area contributed by atoms with Gasteiger partial charge in [0.25, 0.3) is 0 Å². The molecule has 0 atom stereocenters. The molecule has 0 fully saturated rings. The van der Waals surface area contributed by atoms with E-state index in [4.69, 9.17) is 5.73 Å². The van der Waals surface area contributed by atoms with Gasteiger partial charge in [0.2, 0.25) is 11.9 Å². The third-order valence-electron chi connectivity index (χ3n) is 4.00. The Balaban J connectivity index is 1.57. The average Bonchev–Trinajstić information content (AvgIpc) is 2.95. The lowest BCUT2D eigenvalue weighted by molar-refractivity contribution is 0.979. The fourth-order valence-electron chi connectivity index (χ4n) is 2.60. The molecule has 3 heterocycles. The lowest BCUT2D eigenvalue weighted by atomic mass is 10.2. The minimum absolute atomic E-state index is 0.189. The molecule has 0 saturated heterocycles. The largest absolute Gasteiger partial charge is 0.368 e. The van der Waals surface area contributed by atoms with Gasteiger partial charge in [-0.05, 0) is 31.5 Å². The Kier molecular flexibility index (Phi) is 4.87. The van der Waals surface area contributed by atoms with Crippen LogP contribution in [-0.2, 0) is 5.75 Å². The van der Waals surface area contributed by atoms with Crippen molar-refractivity contribution < 1.29 is 0 Å². The molecule has 4 rings (SSSR count). The van der Waals surface area contributed by atoms with Crippen LogP contribution in [0, 0.1) is 13.8 Å². The standard InChI is InChI=1S/C18H17N7S2/c1-10-11(2)27-16-14(10)15(20-9-21-16)26-8-13-23-17(19)25-18(24-13)22-12-6-4-3-5-7-12/h3-7,9H,8H2,1-2H3,(H3,19,22,23,24,25). The number of hydrogen-bond donors (Lipinski definition) is 2. The molecular formula is C18H17N7S2. The molecule has 0 aliphatic heterocycles. The summed E-state index contributed by atoms with van der Waals surface area (Å²) in [7, 11) is 0. The number of aromatic nitrogens is 5. The Morgan fingerprint density at radius 3 is 2.70 bits per heavy atom. The van der Waals surface area contributed by atoms with Crippen LogP contribution in [0.3, 0.4) is 0 Å². The van der Waals surface area contributed by atoms with Crippen molar-refractivity contribution in [2.45, 2.75) is 24.6 Å². The first-order chi connectivity index (χ1) is 13.1. The predicted molar refractivity (Wildman–Crippen MR) is 110 cm³/mol. The normalized spacial score (nSPS) is 11.0. The molecule has 0 aliphatic rings. The van der Waals surface area contributed by atoms with Crippen molar-refractivity contribution >= 4 is 50.9 Å². The van der Waals surface area contributed by atoms with E-state index in [9.17, 15) is 0 Å². The maximum atomic E-state index is 5.86. The van der Waals surface area contributed by atoms with E-state index in [1.807, 2.05) is 30.3 Å². The fraction of sp³-hybridized carbons (Fsp3) is 0.167. The van der Waals surface area contributed by atoms with Crippen molar-refractivity contribution in [1.82, 2.24) is 24.9 Å². The van der Waals surface area contributed by atoms with E-state index in [-0.39, 0.29) is 5.95 Å². The van der Waals surface area contributed by atoms with Crippen LogP contribution in [-0.4, -0.2) is 24.9 Å². The lowest BCUT2D eigenvalue weighted by Gasteiger charge is -2.07. The first-order valence-corrected chi connectivity index (χ1v) is 10.1. The molecule has 4 aromatic rings. The summed E-state index contributed by atoms with van der Waals surface area (Å²) in [6.07, 6.45) is 1.60. The number of nitrogens with two attached hydrogens (primary N) is 1. The van der Waals surface area contributed by atoms with Gasteiger partial charge < -0.3 is 11.1 Å². The van der Waals surface area contributed by atoms with Crippen molar-refractivity contribution in [2.75, 3.05) is 11.1 Å². The zero-order chi connectivity index (χ0) is 18.8. The molecule has 0 unspecified atom stereocenters. The minimum atomic E-state index is 0.189. The topological polar surface area (TPSA) is 102 Å². The third-order valence-corrected chi connectivity index (χ3v) is 6.10. The number of anilines is 3. The SMILES string of the molecule is Cc1sc2ncnc(SCc3nc(N)nc(Nc4ccccc4)n3)c2c1C. The van der Waals surface area contributed by atoms with Gasteiger partial charge in [0, 0.05) is 16.0 Å². The molecule has 3 aromatic heterocycles. The van der Waals surface area contributed by atoms with Crippen molar-refractivity contribution in [3.05, 3.63) is 52.9 Å². The summed E-state index contributed by atoms with van der Waals surface area (Å²) in [5.41, 5.74) is 7.98. The molecule has 0 radical (unpaired) electrons. The summed E-state index contributed by atoms with van der Waals surface area (Å²) in [5.74, 6) is 1.76. The van der Waals surface area contributed by atoms with E-state index in [0.29, 0.717) is 17.5 Å². The number of nitrogens with zero attached hydrogens (tertiary/aromatic N) is 5. The molecule has 3 N–H and O–H groups in total. The highest BCUT2D eigenvalue weighted by molar-refractivity contribution is 7.98. The second-order valence-corrected chi connectivity index (χ2v) is 8.02. The van der Waals surface area contributed by atoms with Crippen molar-refractivity contribution in [1.29, 1.82) is 0 Å². The van der Waals surface area contributed by atoms with Crippen molar-refractivity contribution in [3.8, 4) is 0 Å². The zero-order valence-electron chi connectivity index (χ0n) is 14.8. The Bertz CT molecular complexity index is 1100. The van der Waals surface area contributed by atoms with E-state index in [1.165, 1.54) is 10.4 Å². The summed E-state index contributed by atoms with van der Waals surface area (Å²) < 4.78 is 0. The highest BCUT2D eigenvalue weighted by atomic mass is 32.2. The van der Waals surface area contributed by atoms with Gasteiger partial charge in [-0.1, -0.05) is 30.0 Å². The zero-order valence-corrected chi connectivity index (χ0v) is 16.4. The van der Waals surface area contributed by atoms with Crippen molar-refractivity contribution in [3.63, 3.8) is 0 Å². The molecule has 1 aromatic carbocycles. The number of hydrogen-bond acceptors (Lipinski definition) is 9. The number of aryl methyl sites for hydroxylation is 2. The Hall–Kier alpha value is -2.78. The number of thioether (sulfide) groups is 1. The minimum Gasteiger partial charge on any atom is -0.368 e. The average molecular weight is 396 g/mol. The van der Waals surface area contributed by atoms with Gasteiger partial charge in [-0.25, -0.2) is 9.97 Å². The Morgan fingerprint density at radius 1 is 1.07 bits per heavy atom. The number of benzene rings is 1. The van der Waals surface area contributed by atoms with Crippen LogP contribution in [0.25, 0.3) is 10.2 Å². The van der Waals surface area contributed by atoms with Gasteiger partial charge in [-0.2, -0.15) is 15.0 Å². The first-order valence-electron chi connectivity index (χ1n) is 8.26. The number of nitrogens with one attached hydrogen (secondary N) is 1. The molecule has 0 amide bonds. The lowest BCUT2D eigenvalue weighted by Crippen LogP contribution is -2.06. The summed E-state index contributed by atoms with van der Waals surface area (Å²) in [5, 5.41) is 5.19. The van der Waals surface area contributed by atoms with E-state index in [2.05, 4.69) is 44.1 Å². The predicted octanol–water partition coefficient (Wildman–Crippen LogP) is 4.11. The fourth-order valence-corrected chi connectivity index (χ4v) is 4.57. The molecule has 27 heavy (non-hydrogen) atoms. The molecular weight excluding hydrogens is 378 g/mol. The monoisotopic (exact) mass is 395 g/mol. The Labute approximate surface area is 164 Å². The van der Waals surface area contributed by atoms with E-state index in [0.717, 1.165) is 20.9 Å². The van der Waals surface area contributed by atoms with Crippen LogP contribution in [0.5, 0.6) is 0 Å². The summed E-state index contributed by atoms with van der Waals surface area (Å²) in [6.45, 7) is 4.20. The number of fused-ring (bicyclic) bond motifs is 1. The summed E-state index contributed by atoms with van der Waals surface area (Å²) in [4.78, 5) is 24.0. The molecule has 7 nitrogen and oxygen atoms in total. The first kappa shape index (κ1) is 17.6. The third kappa shape index (κ3) is 3.83. The van der Waals surface area contributed by atoms with E-state index >= 15 is 0 Å². The van der Waals surface area contributed by atoms with Crippen LogP contribution in [0.2, 0.25) is 0 Å². The molecule has 0 spiro atoms. The smallest absolute Gasteiger partial charge is 0.232 e. The molecule has 0 saturated carbocycles. The van der Waals surface area contributed by atoms with Crippen LogP contribution in [0.15, 0.2) is 41.7 Å². The number of rotatable bonds is 5. The van der Waals surface area contributed by atoms with Gasteiger partial charge in [0.1, 0.15) is 22.0 Å². The van der Waals surface area contributed by atoms with Gasteiger partial charge in [0.15, 0.2) is 0 Å². The Morgan fingerprint density at radius 2 is 1.89 bits per heavy atom. The second-order valence-electron chi connectivity index (χ2n) is 5.86. The van der Waals surface area contributed by atoms with Crippen LogP contribution in [0.1, 0.15) is 16.3 Å². The van der Waals surface area contributed by atoms with E-state index < -0.39 is 0 Å². The van der Waals surface area contributed by atoms with Gasteiger partial charge in [-0.15, -0.1) is 11.3 Å². The van der Waals surface area contributed by atoms with Gasteiger partial charge in [-0.3, -0.25) is 0 Å². The van der Waals surface area contributed by atoms with Crippen LogP contribution >= 0.6 is 23.1 Å². The van der Waals surface area contributed by atoms with Crippen molar-refractivity contribution in [2.24, 2.45) is 0 Å². The quantitative estimate of drug-likeness (QED) is 0.384. The molecule has 0 bridgehead atoms. The highest BCUT2D eigenvalue weighted by Crippen LogP contribution is 2.35. The molecule has 0 aliphatic carbocycles. The number of para-hydroxylation sites is 1. The number of thiophene rings is 1. The van der Waals surface area contributed by atoms with Gasteiger partial charge >= 0.3 is 0 Å². The second kappa shape index (κ2) is 7.45. The number of nitrogen functional groups attached to an aromatic ring is 1. The van der Waals surface area contributed by atoms with Gasteiger partial charge in [0.05, 0.1) is 5.75 Å². The van der Waals surface area contributed by atoms with Crippen LogP contribution in [0.4, 0.5) is 17.6 Å². The molecule has 9 heteroatoms. The highest BCUT2D eigenvalue weighted by Gasteiger charge is 2.13. The summed E-state index contributed by atoms with van der Waals surface area (Å²) >= 11 is 3.26. The van der Waals surface area contributed by atoms with E-state index in [1.54, 1.807) is 29.4 Å².